The molecule has 2 saturated heterocycles. The van der Waals surface area contributed by atoms with Crippen LogP contribution in [0.1, 0.15) is 37.9 Å². The van der Waals surface area contributed by atoms with Crippen LogP contribution in [0, 0.1) is 5.92 Å². The molecule has 1 aromatic carbocycles. The van der Waals surface area contributed by atoms with E-state index in [-0.39, 0.29) is 42.0 Å². The number of hydrogen-bond donors (Lipinski definition) is 2. The second-order valence-corrected chi connectivity index (χ2v) is 7.80. The van der Waals surface area contributed by atoms with Crippen LogP contribution in [-0.4, -0.2) is 62.4 Å². The lowest BCUT2D eigenvalue weighted by Crippen LogP contribution is -2.45. The van der Waals surface area contributed by atoms with E-state index >= 15 is 0 Å². The number of nitrogens with zero attached hydrogens (tertiary/aromatic N) is 2. The molecule has 0 radical (unpaired) electrons. The molecule has 2 heterocycles. The van der Waals surface area contributed by atoms with E-state index in [2.05, 4.69) is 22.8 Å². The molecule has 2 aliphatic rings. The van der Waals surface area contributed by atoms with Gasteiger partial charge in [-0.2, -0.15) is 13.2 Å². The summed E-state index contributed by atoms with van der Waals surface area (Å²) in [5.74, 6) is 0.954. The number of hydrogen-bond acceptors (Lipinski definition) is 3. The molecule has 0 aromatic heterocycles. The fourth-order valence-corrected chi connectivity index (χ4v) is 4.11. The molecule has 0 aliphatic carbocycles. The maximum atomic E-state index is 12.6. The molecule has 3 unspecified atom stereocenters. The molecular formula is C21H32F3IN4O. The Hall–Kier alpha value is -1.07. The predicted octanol–water partition coefficient (Wildman–Crippen LogP) is 3.96. The molecule has 9 heteroatoms. The van der Waals surface area contributed by atoms with Crippen molar-refractivity contribution in [3.8, 4) is 0 Å². The standard InChI is InChI=1S/C21H31F3N4O.HI/c1-2-25-20(27-18-10-11-28(14-18)15-21(22,23)24)26-13-17-9-6-12-29-19(17)16-7-4-3-5-8-16;/h3-5,7-8,17-19H,2,6,9-15H2,1H3,(H2,25,26,27);1H. The van der Waals surface area contributed by atoms with Gasteiger partial charge in [0.2, 0.25) is 0 Å². The Bertz CT molecular complexity index is 659. The number of likely N-dealkylation sites (tertiary alicyclic amines) is 1. The van der Waals surface area contributed by atoms with Crippen LogP contribution in [0.5, 0.6) is 0 Å². The molecule has 2 fully saturated rings. The number of nitrogens with one attached hydrogen (secondary N) is 2. The first-order chi connectivity index (χ1) is 13.9. The van der Waals surface area contributed by atoms with Gasteiger partial charge in [0, 0.05) is 44.7 Å². The summed E-state index contributed by atoms with van der Waals surface area (Å²) in [4.78, 5) is 6.20. The predicted molar refractivity (Wildman–Crippen MR) is 123 cm³/mol. The summed E-state index contributed by atoms with van der Waals surface area (Å²) in [5, 5.41) is 6.54. The first kappa shape index (κ1) is 25.2. The van der Waals surface area contributed by atoms with E-state index in [1.54, 1.807) is 0 Å². The van der Waals surface area contributed by atoms with Gasteiger partial charge in [-0.1, -0.05) is 30.3 Å². The largest absolute Gasteiger partial charge is 0.401 e. The van der Waals surface area contributed by atoms with Crippen molar-refractivity contribution in [2.75, 3.05) is 39.3 Å². The number of guanidine groups is 1. The van der Waals surface area contributed by atoms with Gasteiger partial charge in [0.05, 0.1) is 12.6 Å². The molecule has 3 rings (SSSR count). The smallest absolute Gasteiger partial charge is 0.373 e. The minimum absolute atomic E-state index is 0. The summed E-state index contributed by atoms with van der Waals surface area (Å²) in [6.07, 6.45) is -1.38. The Morgan fingerprint density at radius 1 is 1.23 bits per heavy atom. The zero-order valence-corrected chi connectivity index (χ0v) is 19.7. The van der Waals surface area contributed by atoms with Crippen molar-refractivity contribution in [3.63, 3.8) is 0 Å². The summed E-state index contributed by atoms with van der Waals surface area (Å²) >= 11 is 0. The maximum Gasteiger partial charge on any atom is 0.401 e. The summed E-state index contributed by atoms with van der Waals surface area (Å²) in [6.45, 7) is 4.04. The summed E-state index contributed by atoms with van der Waals surface area (Å²) in [5.41, 5.74) is 1.17. The van der Waals surface area contributed by atoms with Crippen LogP contribution in [0.4, 0.5) is 13.2 Å². The van der Waals surface area contributed by atoms with Crippen LogP contribution in [-0.2, 0) is 4.74 Å². The molecule has 30 heavy (non-hydrogen) atoms. The van der Waals surface area contributed by atoms with E-state index in [1.807, 2.05) is 25.1 Å². The minimum Gasteiger partial charge on any atom is -0.373 e. The second-order valence-electron chi connectivity index (χ2n) is 7.80. The number of benzene rings is 1. The van der Waals surface area contributed by atoms with E-state index in [0.29, 0.717) is 38.6 Å². The molecule has 0 saturated carbocycles. The highest BCUT2D eigenvalue weighted by Crippen LogP contribution is 2.33. The van der Waals surface area contributed by atoms with Crippen LogP contribution < -0.4 is 10.6 Å². The highest BCUT2D eigenvalue weighted by molar-refractivity contribution is 14.0. The lowest BCUT2D eigenvalue weighted by Gasteiger charge is -2.31. The van der Waals surface area contributed by atoms with Crippen LogP contribution in [0.3, 0.4) is 0 Å². The third-order valence-corrected chi connectivity index (χ3v) is 5.42. The number of aliphatic imine (C=N–C) groups is 1. The summed E-state index contributed by atoms with van der Waals surface area (Å²) in [7, 11) is 0. The highest BCUT2D eigenvalue weighted by Gasteiger charge is 2.34. The van der Waals surface area contributed by atoms with Gasteiger partial charge in [-0.3, -0.25) is 9.89 Å². The number of ether oxygens (including phenoxy) is 1. The monoisotopic (exact) mass is 540 g/mol. The molecule has 1 aromatic rings. The zero-order valence-electron chi connectivity index (χ0n) is 17.3. The fraction of sp³-hybridized carbons (Fsp3) is 0.667. The van der Waals surface area contributed by atoms with E-state index in [9.17, 15) is 13.2 Å². The average Bonchev–Trinajstić information content (AvgIpc) is 3.12. The Kier molecular flexibility index (Phi) is 10.2. The third kappa shape index (κ3) is 7.88. The number of rotatable bonds is 6. The highest BCUT2D eigenvalue weighted by atomic mass is 127. The Morgan fingerprint density at radius 2 is 2.00 bits per heavy atom. The molecule has 2 N–H and O–H groups in total. The van der Waals surface area contributed by atoms with Gasteiger partial charge < -0.3 is 15.4 Å². The van der Waals surface area contributed by atoms with Crippen molar-refractivity contribution in [3.05, 3.63) is 35.9 Å². The Labute approximate surface area is 193 Å². The Morgan fingerprint density at radius 3 is 2.70 bits per heavy atom. The van der Waals surface area contributed by atoms with E-state index < -0.39 is 12.7 Å². The number of alkyl halides is 3. The van der Waals surface area contributed by atoms with Gasteiger partial charge in [-0.15, -0.1) is 24.0 Å². The van der Waals surface area contributed by atoms with Crippen molar-refractivity contribution in [2.45, 2.75) is 44.5 Å². The lowest BCUT2D eigenvalue weighted by molar-refractivity contribution is -0.143. The third-order valence-electron chi connectivity index (χ3n) is 5.42. The topological polar surface area (TPSA) is 48.9 Å². The fourth-order valence-electron chi connectivity index (χ4n) is 4.11. The van der Waals surface area contributed by atoms with Crippen molar-refractivity contribution >= 4 is 29.9 Å². The second kappa shape index (κ2) is 12.1. The molecule has 2 aliphatic heterocycles. The van der Waals surface area contributed by atoms with Crippen molar-refractivity contribution in [1.82, 2.24) is 15.5 Å². The quantitative estimate of drug-likeness (QED) is 0.326. The number of halogens is 4. The van der Waals surface area contributed by atoms with Gasteiger partial charge in [0.15, 0.2) is 5.96 Å². The molecule has 5 nitrogen and oxygen atoms in total. The zero-order chi connectivity index (χ0) is 20.7. The van der Waals surface area contributed by atoms with Gasteiger partial charge in [0.25, 0.3) is 0 Å². The van der Waals surface area contributed by atoms with Crippen LogP contribution in [0.25, 0.3) is 0 Å². The summed E-state index contributed by atoms with van der Waals surface area (Å²) in [6, 6.07) is 10.2. The van der Waals surface area contributed by atoms with Crippen LogP contribution in [0.2, 0.25) is 0 Å². The van der Waals surface area contributed by atoms with Crippen LogP contribution >= 0.6 is 24.0 Å². The first-order valence-corrected chi connectivity index (χ1v) is 10.4. The Balaban J connectivity index is 0.00000320. The SMILES string of the molecule is CCNC(=NCC1CCCOC1c1ccccc1)NC1CCN(CC(F)(F)F)C1.I. The average molecular weight is 540 g/mol. The van der Waals surface area contributed by atoms with Gasteiger partial charge >= 0.3 is 6.18 Å². The van der Waals surface area contributed by atoms with E-state index in [1.165, 1.54) is 10.5 Å². The van der Waals surface area contributed by atoms with Gasteiger partial charge in [0.1, 0.15) is 0 Å². The van der Waals surface area contributed by atoms with Crippen molar-refractivity contribution in [2.24, 2.45) is 10.9 Å². The molecule has 0 bridgehead atoms. The minimum atomic E-state index is -4.15. The van der Waals surface area contributed by atoms with Gasteiger partial charge in [-0.25, -0.2) is 0 Å². The molecular weight excluding hydrogens is 508 g/mol. The molecule has 3 atom stereocenters. The molecule has 170 valence electrons. The summed E-state index contributed by atoms with van der Waals surface area (Å²) < 4.78 is 43.9. The van der Waals surface area contributed by atoms with Crippen molar-refractivity contribution < 1.29 is 17.9 Å². The van der Waals surface area contributed by atoms with Crippen LogP contribution in [0.15, 0.2) is 35.3 Å². The molecule has 0 spiro atoms. The maximum absolute atomic E-state index is 12.6. The van der Waals surface area contributed by atoms with E-state index in [4.69, 9.17) is 9.73 Å². The van der Waals surface area contributed by atoms with E-state index in [0.717, 1.165) is 19.4 Å². The molecule has 0 amide bonds. The van der Waals surface area contributed by atoms with Gasteiger partial charge in [-0.05, 0) is 31.7 Å². The first-order valence-electron chi connectivity index (χ1n) is 10.4. The normalized spacial score (nSPS) is 25.6. The lowest BCUT2D eigenvalue weighted by atomic mass is 9.89. The van der Waals surface area contributed by atoms with Crippen molar-refractivity contribution in [1.29, 1.82) is 0 Å².